The zero-order valence-corrected chi connectivity index (χ0v) is 13.7. The molecule has 0 aliphatic carbocycles. The van der Waals surface area contributed by atoms with Gasteiger partial charge in [-0.1, -0.05) is 6.07 Å². The van der Waals surface area contributed by atoms with E-state index in [1.807, 2.05) is 4.90 Å². The molecule has 22 heavy (non-hydrogen) atoms. The third-order valence-corrected chi connectivity index (χ3v) is 3.97. The van der Waals surface area contributed by atoms with Crippen molar-refractivity contribution in [3.63, 3.8) is 0 Å². The molecule has 2 rings (SSSR count). The molecule has 1 N–H and O–H groups in total. The summed E-state index contributed by atoms with van der Waals surface area (Å²) in [5, 5.41) is 3.31. The Bertz CT molecular complexity index is 529. The van der Waals surface area contributed by atoms with Crippen LogP contribution < -0.4 is 5.32 Å². The van der Waals surface area contributed by atoms with Gasteiger partial charge < -0.3 is 15.1 Å². The van der Waals surface area contributed by atoms with E-state index in [1.165, 1.54) is 11.1 Å². The predicted octanol–water partition coefficient (Wildman–Crippen LogP) is 1.80. The molecule has 1 heterocycles. The Kier molecular flexibility index (Phi) is 5.41. The fourth-order valence-corrected chi connectivity index (χ4v) is 2.82. The molecule has 1 aromatic carbocycles. The number of carbonyl (C=O) groups excluding carboxylic acids is 2. The lowest BCUT2D eigenvalue weighted by Gasteiger charge is -2.34. The zero-order chi connectivity index (χ0) is 16.1. The van der Waals surface area contributed by atoms with Crippen LogP contribution in [0.15, 0.2) is 18.2 Å². The molecule has 1 aliphatic heterocycles. The number of carbonyl (C=O) groups is 2. The van der Waals surface area contributed by atoms with Crippen molar-refractivity contribution >= 4 is 17.5 Å². The minimum atomic E-state index is 0.0867. The van der Waals surface area contributed by atoms with E-state index in [4.69, 9.17) is 0 Å². The number of piperazine rings is 1. The lowest BCUT2D eigenvalue weighted by molar-refractivity contribution is -0.138. The summed E-state index contributed by atoms with van der Waals surface area (Å²) < 4.78 is 0. The van der Waals surface area contributed by atoms with E-state index < -0.39 is 0 Å². The summed E-state index contributed by atoms with van der Waals surface area (Å²) in [5.41, 5.74) is 3.50. The maximum atomic E-state index is 12.2. The first kappa shape index (κ1) is 16.3. The maximum Gasteiger partial charge on any atom is 0.224 e. The van der Waals surface area contributed by atoms with Gasteiger partial charge in [-0.25, -0.2) is 0 Å². The summed E-state index contributed by atoms with van der Waals surface area (Å²) in [6.07, 6.45) is 0.479. The van der Waals surface area contributed by atoms with Gasteiger partial charge in [0.25, 0.3) is 0 Å². The fraction of sp³-hybridized carbons (Fsp3) is 0.529. The molecule has 0 atom stereocenters. The second kappa shape index (κ2) is 7.29. The van der Waals surface area contributed by atoms with Crippen LogP contribution in [0.4, 0.5) is 5.69 Å². The van der Waals surface area contributed by atoms with Gasteiger partial charge in [0, 0.05) is 51.8 Å². The van der Waals surface area contributed by atoms with Crippen LogP contribution in [0.5, 0.6) is 0 Å². The van der Waals surface area contributed by atoms with Gasteiger partial charge in [-0.3, -0.25) is 9.59 Å². The molecule has 0 saturated carbocycles. The lowest BCUT2D eigenvalue weighted by atomic mass is 10.1. The predicted molar refractivity (Wildman–Crippen MR) is 87.9 cm³/mol. The third-order valence-electron chi connectivity index (χ3n) is 3.97. The maximum absolute atomic E-state index is 12.2. The standard InChI is InChI=1S/C17H25N3O2/c1-13-10-14(2)12-16(11-13)18-5-4-17(22)20-8-6-19(7-9-20)15(3)21/h10-12,18H,4-9H2,1-3H3. The quantitative estimate of drug-likeness (QED) is 0.923. The molecule has 0 spiro atoms. The number of anilines is 1. The van der Waals surface area contributed by atoms with E-state index in [0.717, 1.165) is 5.69 Å². The highest BCUT2D eigenvalue weighted by Gasteiger charge is 2.21. The largest absolute Gasteiger partial charge is 0.385 e. The molecular formula is C17H25N3O2. The van der Waals surface area contributed by atoms with E-state index in [9.17, 15) is 9.59 Å². The average Bonchev–Trinajstić information content (AvgIpc) is 2.46. The summed E-state index contributed by atoms with van der Waals surface area (Å²) in [6.45, 7) is 8.91. The van der Waals surface area contributed by atoms with Gasteiger partial charge >= 0.3 is 0 Å². The van der Waals surface area contributed by atoms with Crippen molar-refractivity contribution in [3.05, 3.63) is 29.3 Å². The van der Waals surface area contributed by atoms with Gasteiger partial charge in [0.15, 0.2) is 0 Å². The SMILES string of the molecule is CC(=O)N1CCN(C(=O)CCNc2cc(C)cc(C)c2)CC1. The monoisotopic (exact) mass is 303 g/mol. The number of hydrogen-bond acceptors (Lipinski definition) is 3. The number of amides is 2. The highest BCUT2D eigenvalue weighted by Crippen LogP contribution is 2.13. The van der Waals surface area contributed by atoms with E-state index in [-0.39, 0.29) is 11.8 Å². The van der Waals surface area contributed by atoms with E-state index in [0.29, 0.717) is 39.1 Å². The molecule has 5 heteroatoms. The van der Waals surface area contributed by atoms with Crippen LogP contribution in [0, 0.1) is 13.8 Å². The van der Waals surface area contributed by atoms with Crippen molar-refractivity contribution in [1.82, 2.24) is 9.80 Å². The van der Waals surface area contributed by atoms with Crippen molar-refractivity contribution in [2.24, 2.45) is 0 Å². The first-order chi connectivity index (χ1) is 10.5. The van der Waals surface area contributed by atoms with Crippen LogP contribution in [0.3, 0.4) is 0 Å². The zero-order valence-electron chi connectivity index (χ0n) is 13.7. The highest BCUT2D eigenvalue weighted by molar-refractivity contribution is 5.78. The molecule has 1 aliphatic rings. The van der Waals surface area contributed by atoms with Crippen LogP contribution >= 0.6 is 0 Å². The molecule has 2 amide bonds. The van der Waals surface area contributed by atoms with Gasteiger partial charge in [0.1, 0.15) is 0 Å². The summed E-state index contributed by atoms with van der Waals surface area (Å²) in [7, 11) is 0. The second-order valence-electron chi connectivity index (χ2n) is 5.94. The third kappa shape index (κ3) is 4.48. The number of benzene rings is 1. The molecular weight excluding hydrogens is 278 g/mol. The van der Waals surface area contributed by atoms with Crippen LogP contribution in [0.2, 0.25) is 0 Å². The van der Waals surface area contributed by atoms with Gasteiger partial charge in [-0.15, -0.1) is 0 Å². The molecule has 120 valence electrons. The Morgan fingerprint density at radius 1 is 1.00 bits per heavy atom. The van der Waals surface area contributed by atoms with Crippen LogP contribution in [-0.4, -0.2) is 54.3 Å². The van der Waals surface area contributed by atoms with Gasteiger partial charge in [-0.2, -0.15) is 0 Å². The Balaban J connectivity index is 1.75. The molecule has 5 nitrogen and oxygen atoms in total. The summed E-state index contributed by atoms with van der Waals surface area (Å²) >= 11 is 0. The molecule has 1 fully saturated rings. The van der Waals surface area contributed by atoms with Crippen LogP contribution in [0.1, 0.15) is 24.5 Å². The Morgan fingerprint density at radius 3 is 2.09 bits per heavy atom. The number of aryl methyl sites for hydroxylation is 2. The number of nitrogens with one attached hydrogen (secondary N) is 1. The smallest absolute Gasteiger partial charge is 0.224 e. The van der Waals surface area contributed by atoms with E-state index in [2.05, 4.69) is 37.4 Å². The molecule has 0 radical (unpaired) electrons. The Labute approximate surface area is 132 Å². The second-order valence-corrected chi connectivity index (χ2v) is 5.94. The Morgan fingerprint density at radius 2 is 1.55 bits per heavy atom. The van der Waals surface area contributed by atoms with Crippen molar-refractivity contribution in [2.45, 2.75) is 27.2 Å². The topological polar surface area (TPSA) is 52.7 Å². The van der Waals surface area contributed by atoms with Crippen LogP contribution in [-0.2, 0) is 9.59 Å². The highest BCUT2D eigenvalue weighted by atomic mass is 16.2. The molecule has 1 aromatic rings. The van der Waals surface area contributed by atoms with Crippen molar-refractivity contribution < 1.29 is 9.59 Å². The average molecular weight is 303 g/mol. The van der Waals surface area contributed by atoms with Gasteiger partial charge in [-0.05, 0) is 37.1 Å². The van der Waals surface area contributed by atoms with E-state index in [1.54, 1.807) is 11.8 Å². The van der Waals surface area contributed by atoms with Gasteiger partial charge in [0.05, 0.1) is 0 Å². The van der Waals surface area contributed by atoms with Crippen LogP contribution in [0.25, 0.3) is 0 Å². The van der Waals surface area contributed by atoms with Gasteiger partial charge in [0.2, 0.25) is 11.8 Å². The summed E-state index contributed by atoms with van der Waals surface area (Å²) in [5.74, 6) is 0.239. The normalized spacial score (nSPS) is 14.9. The molecule has 0 aromatic heterocycles. The van der Waals surface area contributed by atoms with Crippen molar-refractivity contribution in [1.29, 1.82) is 0 Å². The minimum absolute atomic E-state index is 0.0867. The summed E-state index contributed by atoms with van der Waals surface area (Å²) in [6, 6.07) is 6.30. The Hall–Kier alpha value is -2.04. The van der Waals surface area contributed by atoms with Crippen molar-refractivity contribution in [3.8, 4) is 0 Å². The molecule has 0 unspecified atom stereocenters. The molecule has 1 saturated heterocycles. The fourth-order valence-electron chi connectivity index (χ4n) is 2.82. The van der Waals surface area contributed by atoms with E-state index >= 15 is 0 Å². The van der Waals surface area contributed by atoms with Crippen molar-refractivity contribution in [2.75, 3.05) is 38.0 Å². The number of hydrogen-bond donors (Lipinski definition) is 1. The number of nitrogens with zero attached hydrogens (tertiary/aromatic N) is 2. The first-order valence-corrected chi connectivity index (χ1v) is 7.81. The summed E-state index contributed by atoms with van der Waals surface area (Å²) in [4.78, 5) is 27.1. The molecule has 0 bridgehead atoms. The lowest BCUT2D eigenvalue weighted by Crippen LogP contribution is -2.50. The first-order valence-electron chi connectivity index (χ1n) is 7.81. The minimum Gasteiger partial charge on any atom is -0.385 e. The number of rotatable bonds is 4.